The number of nitrogens with one attached hydrogen (secondary N) is 1. The Morgan fingerprint density at radius 1 is 1.44 bits per heavy atom. The van der Waals surface area contributed by atoms with E-state index in [1.165, 1.54) is 41.2 Å². The van der Waals surface area contributed by atoms with Gasteiger partial charge >= 0.3 is 0 Å². The van der Waals surface area contributed by atoms with Crippen LogP contribution >= 0.6 is 46.5 Å². The molecule has 2 rings (SSSR count). The fraction of sp³-hybridized carbons (Fsp3) is 0.143. The predicted molar refractivity (Wildman–Crippen MR) is 65.7 cm³/mol. The molecule has 2 aromatic rings. The van der Waals surface area contributed by atoms with Crippen LogP contribution in [0.4, 0.5) is 0 Å². The van der Waals surface area contributed by atoms with Gasteiger partial charge in [0.05, 0.1) is 6.33 Å². The molecule has 84 valence electrons. The van der Waals surface area contributed by atoms with Gasteiger partial charge in [-0.2, -0.15) is 0 Å². The molecule has 0 amide bonds. The van der Waals surface area contributed by atoms with E-state index in [1.807, 2.05) is 6.26 Å². The molecule has 0 atom stereocenters. The van der Waals surface area contributed by atoms with E-state index in [4.69, 9.17) is 11.6 Å². The number of hydrogen-bond acceptors (Lipinski definition) is 7. The minimum Gasteiger partial charge on any atom is -0.312 e. The van der Waals surface area contributed by atoms with Gasteiger partial charge in [-0.1, -0.05) is 34.7 Å². The van der Waals surface area contributed by atoms with Gasteiger partial charge in [0.15, 0.2) is 8.68 Å². The average Bonchev–Trinajstić information content (AvgIpc) is 2.73. The zero-order valence-electron chi connectivity index (χ0n) is 7.93. The molecule has 16 heavy (non-hydrogen) atoms. The maximum absolute atomic E-state index is 11.2. The summed E-state index contributed by atoms with van der Waals surface area (Å²) in [5.74, 6) is 0. The van der Waals surface area contributed by atoms with Crippen LogP contribution in [0, 0.1) is 0 Å². The molecule has 0 aliphatic heterocycles. The van der Waals surface area contributed by atoms with Crippen LogP contribution in [0.3, 0.4) is 0 Å². The molecule has 0 aliphatic rings. The molecule has 2 aromatic heterocycles. The topological polar surface area (TPSA) is 71.5 Å². The molecule has 0 spiro atoms. The zero-order chi connectivity index (χ0) is 11.5. The summed E-state index contributed by atoms with van der Waals surface area (Å²) in [6.45, 7) is 0. The van der Waals surface area contributed by atoms with Crippen molar-refractivity contribution < 1.29 is 0 Å². The van der Waals surface area contributed by atoms with Crippen LogP contribution in [0.1, 0.15) is 0 Å². The highest BCUT2D eigenvalue weighted by molar-refractivity contribution is 8.03. The van der Waals surface area contributed by atoms with E-state index in [0.29, 0.717) is 9.37 Å². The molecule has 0 saturated heterocycles. The number of aromatic nitrogens is 4. The first-order valence-corrected chi connectivity index (χ1v) is 7.23. The zero-order valence-corrected chi connectivity index (χ0v) is 11.1. The average molecular weight is 293 g/mol. The molecule has 0 fully saturated rings. The smallest absolute Gasteiger partial charge is 0.270 e. The third kappa shape index (κ3) is 2.57. The summed E-state index contributed by atoms with van der Waals surface area (Å²) in [6.07, 6.45) is 3.24. The van der Waals surface area contributed by atoms with Gasteiger partial charge in [0, 0.05) is 0 Å². The Labute approximate surface area is 108 Å². The van der Waals surface area contributed by atoms with Gasteiger partial charge < -0.3 is 4.98 Å². The largest absolute Gasteiger partial charge is 0.312 e. The van der Waals surface area contributed by atoms with E-state index in [-0.39, 0.29) is 10.6 Å². The monoisotopic (exact) mass is 292 g/mol. The Bertz CT molecular complexity index is 555. The van der Waals surface area contributed by atoms with Crippen molar-refractivity contribution in [1.29, 1.82) is 0 Å². The van der Waals surface area contributed by atoms with Crippen molar-refractivity contribution in [2.45, 2.75) is 13.7 Å². The maximum Gasteiger partial charge on any atom is 0.270 e. The second kappa shape index (κ2) is 5.17. The van der Waals surface area contributed by atoms with E-state index >= 15 is 0 Å². The van der Waals surface area contributed by atoms with Gasteiger partial charge in [0.1, 0.15) is 10.0 Å². The van der Waals surface area contributed by atoms with Crippen molar-refractivity contribution >= 4 is 46.5 Å². The van der Waals surface area contributed by atoms with Crippen LogP contribution in [0.15, 0.2) is 24.8 Å². The number of H-pyrrole nitrogens is 1. The summed E-state index contributed by atoms with van der Waals surface area (Å²) in [7, 11) is 0. The highest BCUT2D eigenvalue weighted by Crippen LogP contribution is 2.33. The van der Waals surface area contributed by atoms with Gasteiger partial charge in [-0.15, -0.1) is 10.2 Å². The molecule has 1 N–H and O–H groups in total. The second-order valence-corrected chi connectivity index (χ2v) is 6.14. The lowest BCUT2D eigenvalue weighted by Gasteiger charge is -1.96. The van der Waals surface area contributed by atoms with Crippen LogP contribution in [-0.4, -0.2) is 26.4 Å². The Hall–Kier alpha value is -0.570. The lowest BCUT2D eigenvalue weighted by Crippen LogP contribution is -2.07. The summed E-state index contributed by atoms with van der Waals surface area (Å²) < 4.78 is 1.58. The first-order valence-electron chi connectivity index (χ1n) is 3.99. The standard InChI is InChI=1S/C7H5ClN4OS3/c1-14-6-11-12-7(16-6)15-5-3(8)4(13)9-2-10-5/h2H,1H3,(H,9,10,13). The number of nitrogens with zero attached hydrogens (tertiary/aromatic N) is 3. The predicted octanol–water partition coefficient (Wildman–Crippen LogP) is 2.15. The number of thioether (sulfide) groups is 1. The van der Waals surface area contributed by atoms with Crippen LogP contribution < -0.4 is 5.56 Å². The van der Waals surface area contributed by atoms with E-state index in [9.17, 15) is 4.79 Å². The van der Waals surface area contributed by atoms with E-state index in [0.717, 1.165) is 4.34 Å². The third-order valence-electron chi connectivity index (χ3n) is 1.51. The molecule has 0 unspecified atom stereocenters. The van der Waals surface area contributed by atoms with Gasteiger partial charge in [-0.05, 0) is 18.0 Å². The van der Waals surface area contributed by atoms with Crippen molar-refractivity contribution in [3.63, 3.8) is 0 Å². The maximum atomic E-state index is 11.2. The first kappa shape index (κ1) is 11.9. The van der Waals surface area contributed by atoms with Crippen molar-refractivity contribution in [2.24, 2.45) is 0 Å². The fourth-order valence-electron chi connectivity index (χ4n) is 0.841. The molecule has 9 heteroatoms. The van der Waals surface area contributed by atoms with Gasteiger partial charge in [0.2, 0.25) is 0 Å². The number of rotatable bonds is 3. The summed E-state index contributed by atoms with van der Waals surface area (Å²) in [4.78, 5) is 17.6. The van der Waals surface area contributed by atoms with Gasteiger partial charge in [0.25, 0.3) is 5.56 Å². The molecule has 0 radical (unpaired) electrons. The van der Waals surface area contributed by atoms with Crippen LogP contribution in [0.25, 0.3) is 0 Å². The van der Waals surface area contributed by atoms with Crippen LogP contribution in [0.2, 0.25) is 5.02 Å². The van der Waals surface area contributed by atoms with Crippen molar-refractivity contribution in [3.8, 4) is 0 Å². The molecule has 0 bridgehead atoms. The number of hydrogen-bond donors (Lipinski definition) is 1. The van der Waals surface area contributed by atoms with Crippen LogP contribution in [0.5, 0.6) is 0 Å². The summed E-state index contributed by atoms with van der Waals surface area (Å²) in [5.41, 5.74) is -0.353. The summed E-state index contributed by atoms with van der Waals surface area (Å²) in [6, 6.07) is 0. The first-order chi connectivity index (χ1) is 7.70. The minimum atomic E-state index is -0.353. The summed E-state index contributed by atoms with van der Waals surface area (Å²) >= 11 is 9.99. The lowest BCUT2D eigenvalue weighted by molar-refractivity contribution is 0.950. The van der Waals surface area contributed by atoms with Gasteiger partial charge in [-0.3, -0.25) is 4.79 Å². The van der Waals surface area contributed by atoms with E-state index in [2.05, 4.69) is 20.2 Å². The normalized spacial score (nSPS) is 10.6. The fourth-order valence-corrected chi connectivity index (χ4v) is 3.40. The molecular formula is C7H5ClN4OS3. The SMILES string of the molecule is CSc1nnc(Sc2nc[nH]c(=O)c2Cl)s1. The number of aromatic amines is 1. The quantitative estimate of drug-likeness (QED) is 0.690. The minimum absolute atomic E-state index is 0.0772. The van der Waals surface area contributed by atoms with E-state index < -0.39 is 0 Å². The molecule has 0 aliphatic carbocycles. The Balaban J connectivity index is 2.27. The van der Waals surface area contributed by atoms with E-state index in [1.54, 1.807) is 0 Å². The lowest BCUT2D eigenvalue weighted by atomic mass is 10.7. The Kier molecular flexibility index (Phi) is 3.85. The molecule has 5 nitrogen and oxygen atoms in total. The summed E-state index contributed by atoms with van der Waals surface area (Å²) in [5, 5.41) is 8.41. The van der Waals surface area contributed by atoms with Crippen LogP contribution in [-0.2, 0) is 0 Å². The molecular weight excluding hydrogens is 288 g/mol. The molecule has 0 saturated carbocycles. The second-order valence-electron chi connectivity index (χ2n) is 2.49. The van der Waals surface area contributed by atoms with Crippen molar-refractivity contribution in [2.75, 3.05) is 6.26 Å². The number of halogens is 1. The van der Waals surface area contributed by atoms with Crippen molar-refractivity contribution in [1.82, 2.24) is 20.2 Å². The molecule has 2 heterocycles. The Morgan fingerprint density at radius 3 is 2.88 bits per heavy atom. The van der Waals surface area contributed by atoms with Crippen molar-refractivity contribution in [3.05, 3.63) is 21.7 Å². The van der Waals surface area contributed by atoms with Gasteiger partial charge in [-0.25, -0.2) is 4.98 Å². The third-order valence-corrected chi connectivity index (χ3v) is 4.93. The highest BCUT2D eigenvalue weighted by Gasteiger charge is 2.11. The Morgan fingerprint density at radius 2 is 2.19 bits per heavy atom. The molecule has 0 aromatic carbocycles. The highest BCUT2D eigenvalue weighted by atomic mass is 35.5.